The Labute approximate surface area is 155 Å². The van der Waals surface area contributed by atoms with Crippen molar-refractivity contribution in [3.63, 3.8) is 0 Å². The van der Waals surface area contributed by atoms with Crippen molar-refractivity contribution >= 4 is 34.2 Å². The van der Waals surface area contributed by atoms with Crippen molar-refractivity contribution in [2.45, 2.75) is 45.3 Å². The number of aryl methyl sites for hydroxylation is 2. The van der Waals surface area contributed by atoms with Crippen LogP contribution in [-0.2, 0) is 18.6 Å². The molecule has 0 aliphatic carbocycles. The molecule has 5 N–H and O–H groups in total. The van der Waals surface area contributed by atoms with Crippen molar-refractivity contribution in [2.75, 3.05) is 5.75 Å². The zero-order valence-corrected chi connectivity index (χ0v) is 16.2. The Bertz CT molecular complexity index is 779. The lowest BCUT2D eigenvalue weighted by Crippen LogP contribution is -2.21. The topological polar surface area (TPSA) is 123 Å². The van der Waals surface area contributed by atoms with Crippen molar-refractivity contribution in [3.05, 3.63) is 38.5 Å². The number of nitrogens with one attached hydrogen (secondary N) is 1. The molecule has 25 heavy (non-hydrogen) atoms. The number of hydrogen-bond acceptors (Lipinski definition) is 6. The molecular formula is C16H24N6OS2. The summed E-state index contributed by atoms with van der Waals surface area (Å²) < 4.78 is 0. The molecule has 0 unspecified atom stereocenters. The van der Waals surface area contributed by atoms with E-state index >= 15 is 0 Å². The monoisotopic (exact) mass is 380 g/mol. The molecular weight excluding hydrogens is 356 g/mol. The van der Waals surface area contributed by atoms with Gasteiger partial charge >= 0.3 is 0 Å². The summed E-state index contributed by atoms with van der Waals surface area (Å²) >= 11 is 3.15. The van der Waals surface area contributed by atoms with Gasteiger partial charge in [-0.15, -0.1) is 11.3 Å². The lowest BCUT2D eigenvalue weighted by atomic mass is 10.1. The predicted molar refractivity (Wildman–Crippen MR) is 106 cm³/mol. The molecule has 0 radical (unpaired) electrons. The minimum Gasteiger partial charge on any atom is -0.370 e. The number of aliphatic imine (C=N–C) groups is 1. The van der Waals surface area contributed by atoms with Gasteiger partial charge in [0.25, 0.3) is 5.56 Å². The molecule has 2 heterocycles. The molecule has 0 spiro atoms. The Hall–Kier alpha value is -1.87. The highest BCUT2D eigenvalue weighted by atomic mass is 32.2. The van der Waals surface area contributed by atoms with Crippen molar-refractivity contribution < 1.29 is 0 Å². The van der Waals surface area contributed by atoms with E-state index in [4.69, 9.17) is 11.5 Å². The summed E-state index contributed by atoms with van der Waals surface area (Å²) in [7, 11) is 0. The number of rotatable bonds is 9. The third-order valence-corrected chi connectivity index (χ3v) is 5.33. The SMILES string of the molecule is CCCCc1c(C)nc(CCSCc2csc(N=C(N)N)n2)[nH]c1=O. The predicted octanol–water partition coefficient (Wildman–Crippen LogP) is 2.26. The fraction of sp³-hybridized carbons (Fsp3) is 0.500. The first-order valence-corrected chi connectivity index (χ1v) is 10.2. The number of aromatic nitrogens is 3. The molecule has 2 aromatic heterocycles. The van der Waals surface area contributed by atoms with E-state index in [-0.39, 0.29) is 11.5 Å². The van der Waals surface area contributed by atoms with Gasteiger partial charge in [-0.2, -0.15) is 16.8 Å². The van der Waals surface area contributed by atoms with Crippen molar-refractivity contribution in [3.8, 4) is 0 Å². The minimum absolute atomic E-state index is 0.00216. The van der Waals surface area contributed by atoms with Crippen LogP contribution in [0.2, 0.25) is 0 Å². The Balaban J connectivity index is 1.84. The molecule has 9 heteroatoms. The van der Waals surface area contributed by atoms with Gasteiger partial charge in [-0.3, -0.25) is 4.79 Å². The van der Waals surface area contributed by atoms with E-state index in [1.807, 2.05) is 12.3 Å². The highest BCUT2D eigenvalue weighted by molar-refractivity contribution is 7.98. The average Bonchev–Trinajstić information content (AvgIpc) is 2.97. The van der Waals surface area contributed by atoms with Crippen LogP contribution in [0.15, 0.2) is 15.2 Å². The van der Waals surface area contributed by atoms with Crippen molar-refractivity contribution in [1.29, 1.82) is 0 Å². The van der Waals surface area contributed by atoms with Gasteiger partial charge < -0.3 is 16.5 Å². The number of thiazole rings is 1. The van der Waals surface area contributed by atoms with E-state index < -0.39 is 0 Å². The zero-order chi connectivity index (χ0) is 18.2. The third-order valence-electron chi connectivity index (χ3n) is 3.55. The first-order chi connectivity index (χ1) is 12.0. The summed E-state index contributed by atoms with van der Waals surface area (Å²) in [4.78, 5) is 27.9. The maximum Gasteiger partial charge on any atom is 0.254 e. The minimum atomic E-state index is 0.00216. The first kappa shape index (κ1) is 19.5. The van der Waals surface area contributed by atoms with Gasteiger partial charge in [0.2, 0.25) is 5.13 Å². The van der Waals surface area contributed by atoms with Crippen LogP contribution in [0.4, 0.5) is 5.13 Å². The van der Waals surface area contributed by atoms with Crippen LogP contribution in [0, 0.1) is 6.92 Å². The fourth-order valence-corrected chi connectivity index (χ4v) is 3.96. The summed E-state index contributed by atoms with van der Waals surface area (Å²) in [5, 5.41) is 2.52. The number of nitrogens with two attached hydrogens (primary N) is 2. The molecule has 7 nitrogen and oxygen atoms in total. The second-order valence-corrected chi connectivity index (χ2v) is 7.58. The second-order valence-electron chi connectivity index (χ2n) is 5.64. The summed E-state index contributed by atoms with van der Waals surface area (Å²) in [6.07, 6.45) is 3.59. The quantitative estimate of drug-likeness (QED) is 0.348. The van der Waals surface area contributed by atoms with Crippen LogP contribution >= 0.6 is 23.1 Å². The molecule has 0 aromatic carbocycles. The third kappa shape index (κ3) is 6.17. The number of aromatic amines is 1. The molecule has 2 rings (SSSR count). The standard InChI is InChI=1S/C16H24N6OS2/c1-3-4-5-12-10(2)19-13(21-14(12)23)6-7-24-8-11-9-25-16(20-11)22-15(17)18/h9H,3-8H2,1-2H3,(H,19,21,23)(H4,17,18,20,22). The number of H-pyrrole nitrogens is 1. The number of unbranched alkanes of at least 4 members (excludes halogenated alkanes) is 1. The molecule has 0 saturated carbocycles. The van der Waals surface area contributed by atoms with E-state index in [9.17, 15) is 4.79 Å². The van der Waals surface area contributed by atoms with Crippen molar-refractivity contribution in [1.82, 2.24) is 15.0 Å². The molecule has 0 aliphatic heterocycles. The van der Waals surface area contributed by atoms with Crippen LogP contribution in [-0.4, -0.2) is 26.7 Å². The Morgan fingerprint density at radius 2 is 2.16 bits per heavy atom. The normalized spacial score (nSPS) is 10.8. The molecule has 0 aliphatic rings. The molecule has 0 fully saturated rings. The Morgan fingerprint density at radius 3 is 2.84 bits per heavy atom. The lowest BCUT2D eigenvalue weighted by Gasteiger charge is -2.06. The van der Waals surface area contributed by atoms with Crippen LogP contribution in [0.1, 0.15) is 42.5 Å². The van der Waals surface area contributed by atoms with Gasteiger partial charge in [0.05, 0.1) is 5.69 Å². The van der Waals surface area contributed by atoms with Crippen LogP contribution in [0.3, 0.4) is 0 Å². The van der Waals surface area contributed by atoms with Gasteiger partial charge in [0, 0.05) is 34.6 Å². The van der Waals surface area contributed by atoms with Crippen LogP contribution in [0.5, 0.6) is 0 Å². The Kier molecular flexibility index (Phi) is 7.45. The highest BCUT2D eigenvalue weighted by Crippen LogP contribution is 2.22. The molecule has 0 saturated heterocycles. The number of hydrogen-bond donors (Lipinski definition) is 3. The summed E-state index contributed by atoms with van der Waals surface area (Å²) in [5.41, 5.74) is 13.3. The molecule has 2 aromatic rings. The van der Waals surface area contributed by atoms with Crippen molar-refractivity contribution in [2.24, 2.45) is 16.5 Å². The smallest absolute Gasteiger partial charge is 0.254 e. The number of thioether (sulfide) groups is 1. The zero-order valence-electron chi connectivity index (χ0n) is 14.5. The summed E-state index contributed by atoms with van der Waals surface area (Å²) in [6, 6.07) is 0. The Morgan fingerprint density at radius 1 is 1.36 bits per heavy atom. The van der Waals surface area contributed by atoms with Gasteiger partial charge in [0.1, 0.15) is 5.82 Å². The maximum atomic E-state index is 12.2. The molecule has 136 valence electrons. The fourth-order valence-electron chi connectivity index (χ4n) is 2.31. The molecule has 0 bridgehead atoms. The number of guanidine groups is 1. The lowest BCUT2D eigenvalue weighted by molar-refractivity contribution is 0.763. The van der Waals surface area contributed by atoms with E-state index in [0.29, 0.717) is 5.13 Å². The van der Waals surface area contributed by atoms with Gasteiger partial charge in [-0.1, -0.05) is 13.3 Å². The average molecular weight is 381 g/mol. The largest absolute Gasteiger partial charge is 0.370 e. The first-order valence-electron chi connectivity index (χ1n) is 8.20. The molecule has 0 amide bonds. The summed E-state index contributed by atoms with van der Waals surface area (Å²) in [6.45, 7) is 4.03. The maximum absolute atomic E-state index is 12.2. The number of nitrogens with zero attached hydrogens (tertiary/aromatic N) is 3. The van der Waals surface area contributed by atoms with Gasteiger partial charge in [-0.05, 0) is 19.8 Å². The molecule has 0 atom stereocenters. The highest BCUT2D eigenvalue weighted by Gasteiger charge is 2.08. The van der Waals surface area contributed by atoms with Gasteiger partial charge in [0.15, 0.2) is 5.96 Å². The van der Waals surface area contributed by atoms with E-state index in [2.05, 4.69) is 26.9 Å². The van der Waals surface area contributed by atoms with E-state index in [1.54, 1.807) is 11.8 Å². The van der Waals surface area contributed by atoms with E-state index in [1.165, 1.54) is 11.3 Å². The summed E-state index contributed by atoms with van der Waals surface area (Å²) in [5.74, 6) is 2.39. The van der Waals surface area contributed by atoms with Gasteiger partial charge in [-0.25, -0.2) is 9.97 Å². The van der Waals surface area contributed by atoms with E-state index in [0.717, 1.165) is 60.0 Å². The van der Waals surface area contributed by atoms with Crippen LogP contribution < -0.4 is 17.0 Å². The second kappa shape index (κ2) is 9.57. The van der Waals surface area contributed by atoms with Crippen LogP contribution in [0.25, 0.3) is 0 Å².